The standard InChI is InChI=1S/C16H17NO2/c17-12-5-6-15(19)14(8-12)16-11(9-18)7-10-3-1-2-4-13(10)16/h1-6,8,11,16,18-19H,7,9,17H2/t11-,16-/m0/s1. The van der Waals surface area contributed by atoms with E-state index in [0.29, 0.717) is 5.69 Å². The fourth-order valence-electron chi connectivity index (χ4n) is 3.09. The van der Waals surface area contributed by atoms with Gasteiger partial charge in [-0.3, -0.25) is 0 Å². The van der Waals surface area contributed by atoms with Crippen LogP contribution in [0.3, 0.4) is 0 Å². The summed E-state index contributed by atoms with van der Waals surface area (Å²) in [6.45, 7) is 0.105. The number of nitrogen functional groups attached to an aromatic ring is 1. The summed E-state index contributed by atoms with van der Waals surface area (Å²) in [5.74, 6) is 0.365. The van der Waals surface area contributed by atoms with Gasteiger partial charge in [-0.15, -0.1) is 0 Å². The first-order valence-electron chi connectivity index (χ1n) is 6.47. The van der Waals surface area contributed by atoms with Gasteiger partial charge in [-0.25, -0.2) is 0 Å². The van der Waals surface area contributed by atoms with E-state index in [9.17, 15) is 10.2 Å². The molecule has 3 heteroatoms. The van der Waals surface area contributed by atoms with Crippen molar-refractivity contribution in [2.24, 2.45) is 5.92 Å². The van der Waals surface area contributed by atoms with Crippen LogP contribution < -0.4 is 5.73 Å². The minimum Gasteiger partial charge on any atom is -0.508 e. The van der Waals surface area contributed by atoms with Crippen molar-refractivity contribution in [1.82, 2.24) is 0 Å². The summed E-state index contributed by atoms with van der Waals surface area (Å²) in [5.41, 5.74) is 9.70. The number of benzene rings is 2. The van der Waals surface area contributed by atoms with Crippen molar-refractivity contribution >= 4 is 5.69 Å². The molecule has 1 aliphatic carbocycles. The Morgan fingerprint density at radius 2 is 1.89 bits per heavy atom. The van der Waals surface area contributed by atoms with Gasteiger partial charge >= 0.3 is 0 Å². The van der Waals surface area contributed by atoms with Gasteiger partial charge in [0.15, 0.2) is 0 Å². The van der Waals surface area contributed by atoms with Crippen LogP contribution in [0.2, 0.25) is 0 Å². The van der Waals surface area contributed by atoms with Gasteiger partial charge in [0.25, 0.3) is 0 Å². The number of aliphatic hydroxyl groups excluding tert-OH is 1. The van der Waals surface area contributed by atoms with Gasteiger partial charge < -0.3 is 15.9 Å². The lowest BCUT2D eigenvalue weighted by Gasteiger charge is -2.20. The minimum atomic E-state index is 0.0182. The fraction of sp³-hybridized carbons (Fsp3) is 0.250. The molecule has 0 bridgehead atoms. The third-order valence-corrected chi connectivity index (χ3v) is 3.96. The summed E-state index contributed by atoms with van der Waals surface area (Å²) in [6.07, 6.45) is 0.839. The maximum absolute atomic E-state index is 10.1. The number of rotatable bonds is 2. The average Bonchev–Trinajstić information content (AvgIpc) is 2.80. The van der Waals surface area contributed by atoms with Gasteiger partial charge in [-0.05, 0) is 41.7 Å². The Kier molecular flexibility index (Phi) is 2.91. The highest BCUT2D eigenvalue weighted by molar-refractivity contribution is 5.54. The summed E-state index contributed by atoms with van der Waals surface area (Å²) >= 11 is 0. The molecule has 2 aromatic carbocycles. The van der Waals surface area contributed by atoms with Crippen LogP contribution in [0.25, 0.3) is 0 Å². The van der Waals surface area contributed by atoms with Crippen LogP contribution in [0, 0.1) is 5.92 Å². The Morgan fingerprint density at radius 3 is 2.68 bits per heavy atom. The molecule has 3 rings (SSSR count). The molecular weight excluding hydrogens is 238 g/mol. The monoisotopic (exact) mass is 255 g/mol. The van der Waals surface area contributed by atoms with E-state index in [-0.39, 0.29) is 24.2 Å². The van der Waals surface area contributed by atoms with Crippen molar-refractivity contribution in [2.75, 3.05) is 12.3 Å². The topological polar surface area (TPSA) is 66.5 Å². The molecule has 0 aromatic heterocycles. The molecule has 0 unspecified atom stereocenters. The number of phenolic OH excluding ortho intramolecular Hbond substituents is 1. The number of anilines is 1. The summed E-state index contributed by atoms with van der Waals surface area (Å²) in [7, 11) is 0. The predicted molar refractivity (Wildman–Crippen MR) is 75.1 cm³/mol. The van der Waals surface area contributed by atoms with Gasteiger partial charge in [0.05, 0.1) is 0 Å². The zero-order valence-corrected chi connectivity index (χ0v) is 10.6. The molecule has 0 heterocycles. The predicted octanol–water partition coefficient (Wildman–Crippen LogP) is 2.27. The van der Waals surface area contributed by atoms with Crippen LogP contribution in [0.1, 0.15) is 22.6 Å². The Morgan fingerprint density at radius 1 is 1.11 bits per heavy atom. The first kappa shape index (κ1) is 12.1. The van der Waals surface area contributed by atoms with Crippen molar-refractivity contribution in [3.8, 4) is 5.75 Å². The summed E-state index contributed by atoms with van der Waals surface area (Å²) in [4.78, 5) is 0. The molecule has 19 heavy (non-hydrogen) atoms. The molecule has 0 spiro atoms. The minimum absolute atomic E-state index is 0.0182. The Balaban J connectivity index is 2.14. The lowest BCUT2D eigenvalue weighted by molar-refractivity contribution is 0.220. The van der Waals surface area contributed by atoms with E-state index in [1.54, 1.807) is 12.1 Å². The van der Waals surface area contributed by atoms with Gasteiger partial charge in [-0.2, -0.15) is 0 Å². The third kappa shape index (κ3) is 1.96. The average molecular weight is 255 g/mol. The molecule has 0 fully saturated rings. The van der Waals surface area contributed by atoms with E-state index in [1.807, 2.05) is 18.2 Å². The fourth-order valence-corrected chi connectivity index (χ4v) is 3.09. The van der Waals surface area contributed by atoms with Crippen LogP contribution >= 0.6 is 0 Å². The quantitative estimate of drug-likeness (QED) is 0.569. The maximum atomic E-state index is 10.1. The smallest absolute Gasteiger partial charge is 0.119 e. The summed E-state index contributed by atoms with van der Waals surface area (Å²) in [5, 5.41) is 19.7. The van der Waals surface area contributed by atoms with Gasteiger partial charge in [0.1, 0.15) is 5.75 Å². The van der Waals surface area contributed by atoms with Crippen molar-refractivity contribution in [1.29, 1.82) is 0 Å². The lowest BCUT2D eigenvalue weighted by Crippen LogP contribution is -2.14. The largest absolute Gasteiger partial charge is 0.508 e. The van der Waals surface area contributed by atoms with Crippen molar-refractivity contribution in [3.63, 3.8) is 0 Å². The van der Waals surface area contributed by atoms with Gasteiger partial charge in [0.2, 0.25) is 0 Å². The van der Waals surface area contributed by atoms with Crippen LogP contribution in [-0.4, -0.2) is 16.8 Å². The molecule has 2 aromatic rings. The number of phenols is 1. The SMILES string of the molecule is Nc1ccc(O)c([C@@H]2c3ccccc3C[C@H]2CO)c1. The Bertz CT molecular complexity index is 609. The van der Waals surface area contributed by atoms with Crippen molar-refractivity contribution in [3.05, 3.63) is 59.2 Å². The number of hydrogen-bond acceptors (Lipinski definition) is 3. The zero-order valence-electron chi connectivity index (χ0n) is 10.6. The second-order valence-electron chi connectivity index (χ2n) is 5.14. The van der Waals surface area contributed by atoms with Crippen LogP contribution in [-0.2, 0) is 6.42 Å². The number of aromatic hydroxyl groups is 1. The molecule has 1 aliphatic rings. The van der Waals surface area contributed by atoms with E-state index >= 15 is 0 Å². The molecule has 4 N–H and O–H groups in total. The molecule has 0 aliphatic heterocycles. The molecular formula is C16H17NO2. The second kappa shape index (κ2) is 4.59. The first-order chi connectivity index (χ1) is 9.20. The highest BCUT2D eigenvalue weighted by atomic mass is 16.3. The number of hydrogen-bond donors (Lipinski definition) is 3. The molecule has 98 valence electrons. The van der Waals surface area contributed by atoms with Gasteiger partial charge in [0, 0.05) is 23.8 Å². The molecule has 3 nitrogen and oxygen atoms in total. The normalized spacial score (nSPS) is 21.3. The lowest BCUT2D eigenvalue weighted by atomic mass is 9.85. The van der Waals surface area contributed by atoms with Crippen LogP contribution in [0.15, 0.2) is 42.5 Å². The number of nitrogens with two attached hydrogens (primary N) is 1. The zero-order chi connectivity index (χ0) is 13.4. The van der Waals surface area contributed by atoms with E-state index in [2.05, 4.69) is 12.1 Å². The molecule has 0 saturated carbocycles. The van der Waals surface area contributed by atoms with Crippen molar-refractivity contribution < 1.29 is 10.2 Å². The molecule has 0 amide bonds. The highest BCUT2D eigenvalue weighted by Crippen LogP contribution is 2.45. The second-order valence-corrected chi connectivity index (χ2v) is 5.14. The van der Waals surface area contributed by atoms with Gasteiger partial charge in [-0.1, -0.05) is 24.3 Å². The van der Waals surface area contributed by atoms with E-state index in [0.717, 1.165) is 12.0 Å². The summed E-state index contributed by atoms with van der Waals surface area (Å²) < 4.78 is 0. The number of aliphatic hydroxyl groups is 1. The maximum Gasteiger partial charge on any atom is 0.119 e. The van der Waals surface area contributed by atoms with Crippen LogP contribution in [0.4, 0.5) is 5.69 Å². The Hall–Kier alpha value is -2.00. The molecule has 0 saturated heterocycles. The van der Waals surface area contributed by atoms with E-state index in [4.69, 9.17) is 5.73 Å². The molecule has 2 atom stereocenters. The van der Waals surface area contributed by atoms with Crippen LogP contribution in [0.5, 0.6) is 5.75 Å². The molecule has 0 radical (unpaired) electrons. The highest BCUT2D eigenvalue weighted by Gasteiger charge is 2.34. The third-order valence-electron chi connectivity index (χ3n) is 3.96. The number of fused-ring (bicyclic) bond motifs is 1. The van der Waals surface area contributed by atoms with E-state index in [1.165, 1.54) is 11.1 Å². The van der Waals surface area contributed by atoms with E-state index < -0.39 is 0 Å². The first-order valence-corrected chi connectivity index (χ1v) is 6.47. The Labute approximate surface area is 112 Å². The van der Waals surface area contributed by atoms with Crippen molar-refractivity contribution in [2.45, 2.75) is 12.3 Å². The summed E-state index contributed by atoms with van der Waals surface area (Å²) in [6, 6.07) is 13.3.